The molecule has 8 nitrogen and oxygen atoms in total. The van der Waals surface area contributed by atoms with Crippen LogP contribution in [0.1, 0.15) is 21.9 Å². The van der Waals surface area contributed by atoms with E-state index in [-0.39, 0.29) is 42.7 Å². The molecule has 1 aromatic heterocycles. The van der Waals surface area contributed by atoms with Gasteiger partial charge in [-0.15, -0.1) is 36.2 Å². The van der Waals surface area contributed by atoms with Gasteiger partial charge in [-0.2, -0.15) is 0 Å². The predicted octanol–water partition coefficient (Wildman–Crippen LogP) is 0.151. The Balaban J connectivity index is 0.00000182. The summed E-state index contributed by atoms with van der Waals surface area (Å²) in [5.41, 5.74) is 5.91. The molecule has 2 amide bonds. The maximum absolute atomic E-state index is 12.3. The number of ether oxygens (including phenoxy) is 1. The first-order valence-corrected chi connectivity index (χ1v) is 9.57. The monoisotopic (exact) mass is 439 g/mol. The lowest BCUT2D eigenvalue weighted by Crippen LogP contribution is -2.42. The number of nitrogens with two attached hydrogens (primary N) is 1. The molecular weight excluding hydrogens is 413 g/mol. The van der Waals surface area contributed by atoms with E-state index in [1.165, 1.54) is 11.3 Å². The Bertz CT molecular complexity index is 613. The molecule has 154 valence electrons. The van der Waals surface area contributed by atoms with Gasteiger partial charge in [-0.3, -0.25) is 14.5 Å². The molecule has 3 heterocycles. The molecule has 1 aromatic rings. The average Bonchev–Trinajstić information content (AvgIpc) is 3.21. The third kappa shape index (κ3) is 6.85. The highest BCUT2D eigenvalue weighted by atomic mass is 35.5. The molecule has 27 heavy (non-hydrogen) atoms. The molecule has 1 unspecified atom stereocenters. The van der Waals surface area contributed by atoms with Crippen LogP contribution >= 0.6 is 36.2 Å². The summed E-state index contributed by atoms with van der Waals surface area (Å²) < 4.78 is 5.33. The molecule has 0 aromatic carbocycles. The van der Waals surface area contributed by atoms with Gasteiger partial charge in [0.1, 0.15) is 5.69 Å². The van der Waals surface area contributed by atoms with E-state index in [2.05, 4.69) is 15.2 Å². The Morgan fingerprint density at radius 2 is 2.07 bits per heavy atom. The van der Waals surface area contributed by atoms with Gasteiger partial charge in [-0.25, -0.2) is 4.98 Å². The van der Waals surface area contributed by atoms with Crippen molar-refractivity contribution in [2.45, 2.75) is 18.9 Å². The zero-order valence-electron chi connectivity index (χ0n) is 15.1. The molecule has 0 radical (unpaired) electrons. The summed E-state index contributed by atoms with van der Waals surface area (Å²) in [4.78, 5) is 32.9. The number of hydrogen-bond donors (Lipinski definition) is 2. The van der Waals surface area contributed by atoms with Crippen molar-refractivity contribution < 1.29 is 14.3 Å². The van der Waals surface area contributed by atoms with Crippen molar-refractivity contribution in [3.63, 3.8) is 0 Å². The molecule has 1 atom stereocenters. The van der Waals surface area contributed by atoms with Crippen LogP contribution in [0.5, 0.6) is 0 Å². The molecule has 0 aliphatic carbocycles. The second-order valence-corrected chi connectivity index (χ2v) is 7.28. The van der Waals surface area contributed by atoms with Crippen LogP contribution in [0.2, 0.25) is 0 Å². The Kier molecular flexibility index (Phi) is 10.5. The van der Waals surface area contributed by atoms with Crippen LogP contribution in [0.25, 0.3) is 0 Å². The minimum Gasteiger partial charge on any atom is -0.379 e. The maximum Gasteiger partial charge on any atom is 0.271 e. The van der Waals surface area contributed by atoms with Gasteiger partial charge in [0.15, 0.2) is 0 Å². The normalized spacial score (nSPS) is 20.1. The summed E-state index contributed by atoms with van der Waals surface area (Å²) in [6, 6.07) is -0.149. The van der Waals surface area contributed by atoms with Crippen LogP contribution in [0.3, 0.4) is 0 Å². The second-order valence-electron chi connectivity index (χ2n) is 6.33. The number of thiazole rings is 1. The lowest BCUT2D eigenvalue weighted by atomic mass is 10.2. The zero-order chi connectivity index (χ0) is 17.6. The van der Waals surface area contributed by atoms with Crippen molar-refractivity contribution in [1.82, 2.24) is 20.1 Å². The predicted molar refractivity (Wildman–Crippen MR) is 109 cm³/mol. The Hall–Kier alpha value is -0.970. The Labute approximate surface area is 175 Å². The number of carbonyl (C=O) groups is 2. The first-order valence-electron chi connectivity index (χ1n) is 8.69. The smallest absolute Gasteiger partial charge is 0.271 e. The van der Waals surface area contributed by atoms with Crippen LogP contribution < -0.4 is 11.1 Å². The molecule has 2 fully saturated rings. The lowest BCUT2D eigenvalue weighted by Gasteiger charge is -2.28. The van der Waals surface area contributed by atoms with Gasteiger partial charge in [0.25, 0.3) is 5.91 Å². The Morgan fingerprint density at radius 3 is 2.78 bits per heavy atom. The second kappa shape index (κ2) is 11.8. The highest BCUT2D eigenvalue weighted by Crippen LogP contribution is 2.14. The molecule has 2 saturated heterocycles. The molecule has 0 bridgehead atoms. The van der Waals surface area contributed by atoms with Crippen LogP contribution in [0.15, 0.2) is 5.38 Å². The summed E-state index contributed by atoms with van der Waals surface area (Å²) in [6.45, 7) is 5.97. The fourth-order valence-corrected chi connectivity index (χ4v) is 3.88. The van der Waals surface area contributed by atoms with E-state index < -0.39 is 0 Å². The third-order valence-electron chi connectivity index (χ3n) is 4.48. The number of carbonyl (C=O) groups excluding carboxylic acids is 2. The molecule has 3 rings (SSSR count). The summed E-state index contributed by atoms with van der Waals surface area (Å²) in [5, 5.41) is 5.53. The molecular formula is C16H27Cl2N5O3S. The van der Waals surface area contributed by atoms with Crippen molar-refractivity contribution in [3.05, 3.63) is 16.1 Å². The topological polar surface area (TPSA) is 101 Å². The Morgan fingerprint density at radius 1 is 1.33 bits per heavy atom. The number of likely N-dealkylation sites (tertiary alicyclic amines) is 1. The van der Waals surface area contributed by atoms with Crippen molar-refractivity contribution in [1.29, 1.82) is 0 Å². The van der Waals surface area contributed by atoms with Gasteiger partial charge in [0, 0.05) is 50.9 Å². The molecule has 0 saturated carbocycles. The van der Waals surface area contributed by atoms with Crippen LogP contribution in [-0.4, -0.2) is 85.1 Å². The summed E-state index contributed by atoms with van der Waals surface area (Å²) in [7, 11) is 0. The third-order valence-corrected chi connectivity index (χ3v) is 5.39. The van der Waals surface area contributed by atoms with Gasteiger partial charge in [0.05, 0.1) is 24.3 Å². The molecule has 2 aliphatic heterocycles. The van der Waals surface area contributed by atoms with Crippen molar-refractivity contribution in [2.75, 3.05) is 52.5 Å². The minimum absolute atomic E-state index is 0. The van der Waals surface area contributed by atoms with Crippen LogP contribution in [0.4, 0.5) is 0 Å². The highest BCUT2D eigenvalue weighted by Gasteiger charge is 2.31. The number of nitrogens with one attached hydrogen (secondary N) is 1. The van der Waals surface area contributed by atoms with E-state index in [1.807, 2.05) is 4.90 Å². The number of amides is 2. The van der Waals surface area contributed by atoms with E-state index in [4.69, 9.17) is 10.5 Å². The fraction of sp³-hybridized carbons (Fsp3) is 0.688. The van der Waals surface area contributed by atoms with E-state index >= 15 is 0 Å². The standard InChI is InChI=1S/C16H25N5O3S.2ClH/c17-2-1-14-19-13(11-25-14)16(23)18-12-9-15(22)21(10-12)4-3-20-5-7-24-8-6-20;;/h11-12H,1-10,17H2,(H,18,23);2*1H. The van der Waals surface area contributed by atoms with Gasteiger partial charge in [-0.05, 0) is 6.54 Å². The van der Waals surface area contributed by atoms with Gasteiger partial charge >= 0.3 is 0 Å². The number of morpholine rings is 1. The fourth-order valence-electron chi connectivity index (χ4n) is 3.08. The first-order chi connectivity index (χ1) is 12.2. The molecule has 11 heteroatoms. The largest absolute Gasteiger partial charge is 0.379 e. The number of hydrogen-bond acceptors (Lipinski definition) is 7. The van der Waals surface area contributed by atoms with E-state index in [0.717, 1.165) is 37.9 Å². The van der Waals surface area contributed by atoms with Gasteiger partial charge in [-0.1, -0.05) is 0 Å². The molecule has 3 N–H and O–H groups in total. The van der Waals surface area contributed by atoms with E-state index in [9.17, 15) is 9.59 Å². The summed E-state index contributed by atoms with van der Waals surface area (Å²) in [5.74, 6) is -0.118. The van der Waals surface area contributed by atoms with E-state index in [0.29, 0.717) is 38.2 Å². The number of rotatable bonds is 7. The zero-order valence-corrected chi connectivity index (χ0v) is 17.5. The summed E-state index contributed by atoms with van der Waals surface area (Å²) in [6.07, 6.45) is 1.03. The SMILES string of the molecule is Cl.Cl.NCCc1nc(C(=O)NC2CC(=O)N(CCN3CCOCC3)C2)cs1. The number of aromatic nitrogens is 1. The minimum atomic E-state index is -0.215. The van der Waals surface area contributed by atoms with Crippen molar-refractivity contribution in [3.8, 4) is 0 Å². The maximum atomic E-state index is 12.3. The molecule has 0 spiro atoms. The summed E-state index contributed by atoms with van der Waals surface area (Å²) >= 11 is 1.44. The molecule has 2 aliphatic rings. The van der Waals surface area contributed by atoms with Crippen LogP contribution in [0, 0.1) is 0 Å². The van der Waals surface area contributed by atoms with Gasteiger partial charge < -0.3 is 20.7 Å². The van der Waals surface area contributed by atoms with Crippen molar-refractivity contribution >= 4 is 48.0 Å². The number of nitrogens with zero attached hydrogens (tertiary/aromatic N) is 3. The highest BCUT2D eigenvalue weighted by molar-refractivity contribution is 7.09. The lowest BCUT2D eigenvalue weighted by molar-refractivity contribution is -0.128. The van der Waals surface area contributed by atoms with Gasteiger partial charge in [0.2, 0.25) is 5.91 Å². The number of halogens is 2. The quantitative estimate of drug-likeness (QED) is 0.626. The first kappa shape index (κ1) is 24.1. The average molecular weight is 440 g/mol. The van der Waals surface area contributed by atoms with Crippen LogP contribution in [-0.2, 0) is 16.0 Å². The van der Waals surface area contributed by atoms with Crippen molar-refractivity contribution in [2.24, 2.45) is 5.73 Å². The van der Waals surface area contributed by atoms with E-state index in [1.54, 1.807) is 5.38 Å².